The van der Waals surface area contributed by atoms with E-state index >= 15 is 0 Å². The summed E-state index contributed by atoms with van der Waals surface area (Å²) in [5.74, 6) is 0.123. The van der Waals surface area contributed by atoms with Crippen molar-refractivity contribution >= 4 is 27.4 Å². The van der Waals surface area contributed by atoms with E-state index in [0.717, 1.165) is 0 Å². The van der Waals surface area contributed by atoms with Gasteiger partial charge in [0.05, 0.1) is 0 Å². The van der Waals surface area contributed by atoms with Crippen molar-refractivity contribution in [2.45, 2.75) is 6.29 Å². The number of fused-ring (bicyclic) bond motifs is 1. The Morgan fingerprint density at radius 3 is 2.10 bits per heavy atom. The molecule has 0 bridgehead atoms. The molecule has 21 heavy (non-hydrogen) atoms. The van der Waals surface area contributed by atoms with Crippen LogP contribution in [0.15, 0.2) is 12.4 Å². The topological polar surface area (TPSA) is 217 Å². The lowest BCUT2D eigenvalue weighted by atomic mass is 10.3. The number of carbonyl (C=O) groups is 1. The third kappa shape index (κ3) is 6.71. The number of carbonyl (C=O) groups excluding carboxylic acids is 1. The Hall–Kier alpha value is -1.43. The summed E-state index contributed by atoms with van der Waals surface area (Å²) in [5, 5.41) is 5.22. The second kappa shape index (κ2) is 6.56. The number of nitrogens with one attached hydrogen (secondary N) is 2. The molecule has 1 amide bonds. The van der Waals surface area contributed by atoms with Gasteiger partial charge in [0, 0.05) is 12.4 Å². The highest BCUT2D eigenvalue weighted by Gasteiger charge is 2.28. The summed E-state index contributed by atoms with van der Waals surface area (Å²) in [7, 11) is -10.1. The minimum absolute atomic E-state index is 0.277. The number of nitrogens with zero attached hydrogens (tertiary/aromatic N) is 2. The van der Waals surface area contributed by atoms with Crippen LogP contribution in [0.25, 0.3) is 0 Å². The molecule has 13 nitrogen and oxygen atoms in total. The Balaban J connectivity index is 0.000000222. The van der Waals surface area contributed by atoms with Gasteiger partial charge in [-0.3, -0.25) is 10.5 Å². The van der Waals surface area contributed by atoms with E-state index in [2.05, 4.69) is 24.9 Å². The molecule has 0 saturated heterocycles. The van der Waals surface area contributed by atoms with Gasteiger partial charge in [0.1, 0.15) is 0 Å². The molecule has 1 atom stereocenters. The molecular formula is C6H11N5O8P2. The molecule has 1 aliphatic heterocycles. The van der Waals surface area contributed by atoms with Crippen LogP contribution in [-0.2, 0) is 13.4 Å². The molecule has 1 aromatic rings. The van der Waals surface area contributed by atoms with Gasteiger partial charge in [-0.15, -0.1) is 0 Å². The SMILES string of the molecule is NC1NC(=O)c2nccnc2N1.O=P(O)(O)OP(=O)(O)O. The number of anilines is 1. The van der Waals surface area contributed by atoms with Gasteiger partial charge in [0.25, 0.3) is 5.91 Å². The second-order valence-corrected chi connectivity index (χ2v) is 6.03. The average molecular weight is 343 g/mol. The minimum atomic E-state index is -5.05. The number of amides is 1. The molecule has 0 saturated carbocycles. The van der Waals surface area contributed by atoms with Gasteiger partial charge in [0.2, 0.25) is 0 Å². The zero-order valence-electron chi connectivity index (χ0n) is 10.0. The second-order valence-electron chi connectivity index (χ2n) is 3.41. The fraction of sp³-hybridized carbons (Fsp3) is 0.167. The van der Waals surface area contributed by atoms with Gasteiger partial charge in [0.15, 0.2) is 17.8 Å². The standard InChI is InChI=1S/C6H7N5O.H4O7P2/c7-6-10-4-3(5(12)11-6)8-1-2-9-4;1-8(2,3)7-9(4,5)6/h1-2,6H,7H2,(H,9,10)(H,11,12);(H2,1,2,3)(H2,4,5,6). The van der Waals surface area contributed by atoms with Crippen molar-refractivity contribution < 1.29 is 37.8 Å². The van der Waals surface area contributed by atoms with Crippen molar-refractivity contribution in [3.05, 3.63) is 18.1 Å². The van der Waals surface area contributed by atoms with E-state index < -0.39 is 21.9 Å². The molecule has 1 aliphatic rings. The Morgan fingerprint density at radius 2 is 1.62 bits per heavy atom. The monoisotopic (exact) mass is 343 g/mol. The first kappa shape index (κ1) is 17.6. The van der Waals surface area contributed by atoms with Crippen LogP contribution in [0.5, 0.6) is 0 Å². The predicted octanol–water partition coefficient (Wildman–Crippen LogP) is -1.94. The fourth-order valence-corrected chi connectivity index (χ4v) is 2.25. The van der Waals surface area contributed by atoms with Gasteiger partial charge in [-0.25, -0.2) is 19.1 Å². The molecule has 0 radical (unpaired) electrons. The Morgan fingerprint density at radius 1 is 1.10 bits per heavy atom. The summed E-state index contributed by atoms with van der Waals surface area (Å²) < 4.78 is 22.2. The van der Waals surface area contributed by atoms with E-state index in [1.54, 1.807) is 0 Å². The van der Waals surface area contributed by atoms with Gasteiger partial charge in [-0.05, 0) is 0 Å². The molecule has 1 aromatic heterocycles. The van der Waals surface area contributed by atoms with E-state index in [1.807, 2.05) is 0 Å². The van der Waals surface area contributed by atoms with Crippen LogP contribution >= 0.6 is 15.6 Å². The van der Waals surface area contributed by atoms with Gasteiger partial charge < -0.3 is 30.2 Å². The van der Waals surface area contributed by atoms with Crippen LogP contribution in [0.1, 0.15) is 10.5 Å². The zero-order chi connectivity index (χ0) is 16.3. The smallest absolute Gasteiger partial charge is 0.336 e. The van der Waals surface area contributed by atoms with Crippen molar-refractivity contribution in [1.29, 1.82) is 0 Å². The third-order valence-electron chi connectivity index (χ3n) is 1.70. The summed E-state index contributed by atoms with van der Waals surface area (Å²) in [5.41, 5.74) is 5.71. The molecular weight excluding hydrogens is 332 g/mol. The lowest BCUT2D eigenvalue weighted by molar-refractivity contribution is 0.0931. The number of aromatic nitrogens is 2. The van der Waals surface area contributed by atoms with Crippen molar-refractivity contribution in [2.24, 2.45) is 5.73 Å². The van der Waals surface area contributed by atoms with E-state index in [1.165, 1.54) is 12.4 Å². The molecule has 1 unspecified atom stereocenters. The van der Waals surface area contributed by atoms with E-state index in [4.69, 9.17) is 25.3 Å². The molecule has 2 rings (SSSR count). The molecule has 0 fully saturated rings. The number of nitrogens with two attached hydrogens (primary N) is 1. The Kier molecular flexibility index (Phi) is 5.50. The molecule has 15 heteroatoms. The molecule has 0 spiro atoms. The van der Waals surface area contributed by atoms with Crippen molar-refractivity contribution in [2.75, 3.05) is 5.32 Å². The van der Waals surface area contributed by atoms with Crippen molar-refractivity contribution in [3.63, 3.8) is 0 Å². The van der Waals surface area contributed by atoms with Crippen LogP contribution in [0.4, 0.5) is 5.82 Å². The maximum Gasteiger partial charge on any atom is 0.478 e. The molecule has 8 N–H and O–H groups in total. The number of phosphoric acid groups is 2. The highest BCUT2D eigenvalue weighted by Crippen LogP contribution is 2.53. The molecule has 0 aliphatic carbocycles. The first-order valence-corrected chi connectivity index (χ1v) is 8.00. The summed E-state index contributed by atoms with van der Waals surface area (Å²) in [4.78, 5) is 49.9. The maximum atomic E-state index is 11.2. The Bertz CT molecular complexity index is 593. The fourth-order valence-electron chi connectivity index (χ4n) is 1.14. The normalized spacial score (nSPS) is 17.8. The van der Waals surface area contributed by atoms with Crippen LogP contribution in [0.3, 0.4) is 0 Å². The van der Waals surface area contributed by atoms with Crippen LogP contribution in [0.2, 0.25) is 0 Å². The molecule has 0 aromatic carbocycles. The highest BCUT2D eigenvalue weighted by atomic mass is 31.3. The largest absolute Gasteiger partial charge is 0.478 e. The summed E-state index contributed by atoms with van der Waals surface area (Å²) in [6.07, 6.45) is 2.37. The molecule has 118 valence electrons. The van der Waals surface area contributed by atoms with Crippen LogP contribution in [0, 0.1) is 0 Å². The molecule has 2 heterocycles. The van der Waals surface area contributed by atoms with E-state index in [9.17, 15) is 13.9 Å². The lowest BCUT2D eigenvalue weighted by Crippen LogP contribution is -2.51. The summed E-state index contributed by atoms with van der Waals surface area (Å²) in [6, 6.07) is 0. The highest BCUT2D eigenvalue weighted by molar-refractivity contribution is 7.60. The predicted molar refractivity (Wildman–Crippen MR) is 66.3 cm³/mol. The van der Waals surface area contributed by atoms with Crippen LogP contribution < -0.4 is 16.4 Å². The maximum absolute atomic E-state index is 11.2. The first-order chi connectivity index (χ1) is 9.48. The van der Waals surface area contributed by atoms with E-state index in [0.29, 0.717) is 5.82 Å². The van der Waals surface area contributed by atoms with Crippen molar-refractivity contribution in [3.8, 4) is 0 Å². The minimum Gasteiger partial charge on any atom is -0.336 e. The summed E-state index contributed by atoms with van der Waals surface area (Å²) in [6.45, 7) is 0. The quantitative estimate of drug-likeness (QED) is 0.292. The first-order valence-electron chi connectivity index (χ1n) is 4.94. The third-order valence-corrected chi connectivity index (χ3v) is 3.41. The van der Waals surface area contributed by atoms with Gasteiger partial charge >= 0.3 is 15.6 Å². The van der Waals surface area contributed by atoms with E-state index in [-0.39, 0.29) is 11.6 Å². The average Bonchev–Trinajstić information content (AvgIpc) is 2.24. The number of hydrogen-bond acceptors (Lipinski definition) is 8. The number of hydrogen-bond donors (Lipinski definition) is 7. The van der Waals surface area contributed by atoms with Gasteiger partial charge in [-0.1, -0.05) is 0 Å². The van der Waals surface area contributed by atoms with Crippen LogP contribution in [-0.4, -0.2) is 41.7 Å². The zero-order valence-corrected chi connectivity index (χ0v) is 11.8. The Labute approximate surface area is 117 Å². The lowest BCUT2D eigenvalue weighted by Gasteiger charge is -2.22. The summed E-state index contributed by atoms with van der Waals surface area (Å²) >= 11 is 0. The van der Waals surface area contributed by atoms with Gasteiger partial charge in [-0.2, -0.15) is 4.31 Å². The number of rotatable bonds is 2. The van der Waals surface area contributed by atoms with Crippen molar-refractivity contribution in [1.82, 2.24) is 15.3 Å².